The highest BCUT2D eigenvalue weighted by Crippen LogP contribution is 2.32. The smallest absolute Gasteiger partial charge is 0.355 e. The highest BCUT2D eigenvalue weighted by atomic mass is 19.4. The summed E-state index contributed by atoms with van der Waals surface area (Å²) in [6, 6.07) is 10.8. The third kappa shape index (κ3) is 4.46. The monoisotopic (exact) mass is 509 g/mol. The van der Waals surface area contributed by atoms with Gasteiger partial charge in [-0.05, 0) is 43.7 Å². The van der Waals surface area contributed by atoms with E-state index < -0.39 is 17.8 Å². The molecule has 0 atom stereocenters. The molecule has 5 rings (SSSR count). The number of alkyl halides is 3. The van der Waals surface area contributed by atoms with E-state index in [-0.39, 0.29) is 28.5 Å². The molecule has 4 heterocycles. The first kappa shape index (κ1) is 24.2. The lowest BCUT2D eigenvalue weighted by atomic mass is 10.2. The van der Waals surface area contributed by atoms with E-state index >= 15 is 0 Å². The van der Waals surface area contributed by atoms with Gasteiger partial charge in [-0.1, -0.05) is 18.2 Å². The molecule has 1 fully saturated rings. The van der Waals surface area contributed by atoms with E-state index in [1.165, 1.54) is 20.0 Å². The van der Waals surface area contributed by atoms with Gasteiger partial charge in [-0.2, -0.15) is 18.3 Å². The Morgan fingerprint density at radius 3 is 2.54 bits per heavy atom. The molecule has 1 aliphatic rings. The van der Waals surface area contributed by atoms with Crippen molar-refractivity contribution in [3.8, 4) is 5.69 Å². The molecule has 9 nitrogen and oxygen atoms in total. The highest BCUT2D eigenvalue weighted by Gasteiger charge is 2.37. The molecule has 4 aromatic rings. The van der Waals surface area contributed by atoms with Gasteiger partial charge in [-0.15, -0.1) is 0 Å². The lowest BCUT2D eigenvalue weighted by Crippen LogP contribution is -2.23. The molecule has 0 aliphatic carbocycles. The first-order valence-electron chi connectivity index (χ1n) is 11.5. The number of benzene rings is 1. The van der Waals surface area contributed by atoms with Crippen molar-refractivity contribution >= 4 is 35.4 Å². The molecule has 1 aliphatic heterocycles. The molecule has 1 aromatic carbocycles. The number of hydrogen-bond acceptors (Lipinski definition) is 5. The molecular weight excluding hydrogens is 487 g/mol. The van der Waals surface area contributed by atoms with E-state index in [0.717, 1.165) is 16.6 Å². The van der Waals surface area contributed by atoms with Crippen LogP contribution in [0.15, 0.2) is 42.6 Å². The van der Waals surface area contributed by atoms with Crippen molar-refractivity contribution in [1.29, 1.82) is 0 Å². The number of aromatic nitrogens is 5. The van der Waals surface area contributed by atoms with Crippen LogP contribution in [0.4, 0.5) is 19.0 Å². The van der Waals surface area contributed by atoms with Gasteiger partial charge in [-0.25, -0.2) is 14.5 Å². The maximum absolute atomic E-state index is 13.5. The number of anilines is 1. The zero-order valence-corrected chi connectivity index (χ0v) is 20.0. The lowest BCUT2D eigenvalue weighted by molar-refractivity contribution is -0.141. The molecule has 1 N–H and O–H groups in total. The highest BCUT2D eigenvalue weighted by molar-refractivity contribution is 6.00. The zero-order valence-electron chi connectivity index (χ0n) is 20.0. The molecular formula is C25H22F3N7O2. The fourth-order valence-corrected chi connectivity index (χ4v) is 4.27. The molecule has 0 saturated carbocycles. The molecule has 2 amide bonds. The Bertz CT molecular complexity index is 1540. The maximum atomic E-state index is 13.5. The quantitative estimate of drug-likeness (QED) is 0.440. The topological polar surface area (TPSA) is 97.4 Å². The van der Waals surface area contributed by atoms with Crippen molar-refractivity contribution < 1.29 is 22.8 Å². The lowest BCUT2D eigenvalue weighted by Gasteiger charge is -2.10. The Labute approximate surface area is 209 Å². The number of para-hydroxylation sites is 1. The molecule has 0 bridgehead atoms. The van der Waals surface area contributed by atoms with Crippen LogP contribution in [0.3, 0.4) is 0 Å². The summed E-state index contributed by atoms with van der Waals surface area (Å²) in [5, 5.41) is 6.72. The standard InChI is InChI=1S/C25H22F3N7O2/c1-15-22(25(26,27)28)31-23-18(24(37)29-2)13-16(32-35(15)23)10-11-19-30-20(33-12-6-9-21(33)36)14-34(19)17-7-4-3-5-8-17/h3-5,7-8,10-11,13-14H,6,9,12H2,1-2H3,(H,29,37)/b11-10+. The van der Waals surface area contributed by atoms with Crippen LogP contribution in [0.25, 0.3) is 23.5 Å². The van der Waals surface area contributed by atoms with Crippen molar-refractivity contribution in [1.82, 2.24) is 29.5 Å². The van der Waals surface area contributed by atoms with Crippen molar-refractivity contribution in [2.45, 2.75) is 25.9 Å². The van der Waals surface area contributed by atoms with Gasteiger partial charge in [0.25, 0.3) is 5.91 Å². The van der Waals surface area contributed by atoms with Gasteiger partial charge in [0.05, 0.1) is 23.1 Å². The van der Waals surface area contributed by atoms with Gasteiger partial charge in [0, 0.05) is 25.7 Å². The Balaban J connectivity index is 1.62. The summed E-state index contributed by atoms with van der Waals surface area (Å²) >= 11 is 0. The minimum atomic E-state index is -4.70. The van der Waals surface area contributed by atoms with Gasteiger partial charge in [0.15, 0.2) is 17.2 Å². The number of hydrogen-bond donors (Lipinski definition) is 1. The van der Waals surface area contributed by atoms with E-state index in [4.69, 9.17) is 0 Å². The summed E-state index contributed by atoms with van der Waals surface area (Å²) in [5.41, 5.74) is -0.550. The van der Waals surface area contributed by atoms with Crippen LogP contribution in [0.2, 0.25) is 0 Å². The predicted octanol–water partition coefficient (Wildman–Crippen LogP) is 3.90. The molecule has 0 radical (unpaired) electrons. The van der Waals surface area contributed by atoms with Gasteiger partial charge in [0.2, 0.25) is 5.91 Å². The van der Waals surface area contributed by atoms with Crippen LogP contribution in [0.5, 0.6) is 0 Å². The Morgan fingerprint density at radius 2 is 1.89 bits per heavy atom. The summed E-state index contributed by atoms with van der Waals surface area (Å²) in [5.74, 6) is 0.372. The van der Waals surface area contributed by atoms with Crippen molar-refractivity contribution in [2.24, 2.45) is 0 Å². The molecule has 1 saturated heterocycles. The van der Waals surface area contributed by atoms with Gasteiger partial charge >= 0.3 is 6.18 Å². The number of fused-ring (bicyclic) bond motifs is 1. The number of nitrogens with one attached hydrogen (secondary N) is 1. The summed E-state index contributed by atoms with van der Waals surface area (Å²) in [4.78, 5) is 34.7. The molecule has 37 heavy (non-hydrogen) atoms. The summed E-state index contributed by atoms with van der Waals surface area (Å²) in [7, 11) is 1.38. The molecule has 0 spiro atoms. The van der Waals surface area contributed by atoms with E-state index in [9.17, 15) is 22.8 Å². The average Bonchev–Trinajstić information content (AvgIpc) is 3.59. The molecule has 190 valence electrons. The second-order valence-electron chi connectivity index (χ2n) is 8.49. The van der Waals surface area contributed by atoms with Crippen LogP contribution in [0.1, 0.15) is 46.1 Å². The SMILES string of the molecule is CNC(=O)c1cc(/C=C/c2nc(N3CCCC3=O)cn2-c2ccccc2)nn2c(C)c(C(F)(F)F)nc12. The fourth-order valence-electron chi connectivity index (χ4n) is 4.27. The second kappa shape index (κ2) is 9.19. The summed E-state index contributed by atoms with van der Waals surface area (Å²) in [6.07, 6.45) is 1.46. The van der Waals surface area contributed by atoms with Crippen LogP contribution in [0, 0.1) is 6.92 Å². The van der Waals surface area contributed by atoms with Gasteiger partial charge in [-0.3, -0.25) is 19.1 Å². The minimum absolute atomic E-state index is 0.00775. The third-order valence-electron chi connectivity index (χ3n) is 6.08. The first-order chi connectivity index (χ1) is 17.7. The third-order valence-corrected chi connectivity index (χ3v) is 6.08. The van der Waals surface area contributed by atoms with Crippen LogP contribution in [-0.4, -0.2) is 49.6 Å². The normalized spacial score (nSPS) is 14.3. The number of aryl methyl sites for hydroxylation is 1. The van der Waals surface area contributed by atoms with Crippen molar-refractivity contribution in [3.05, 3.63) is 71.1 Å². The van der Waals surface area contributed by atoms with Crippen LogP contribution >= 0.6 is 0 Å². The molecule has 12 heteroatoms. The van der Waals surface area contributed by atoms with Crippen molar-refractivity contribution in [2.75, 3.05) is 18.5 Å². The second-order valence-corrected chi connectivity index (χ2v) is 8.49. The molecule has 0 unspecified atom stereocenters. The average molecular weight is 509 g/mol. The van der Waals surface area contributed by atoms with Crippen LogP contribution < -0.4 is 10.2 Å². The van der Waals surface area contributed by atoms with Crippen molar-refractivity contribution in [3.63, 3.8) is 0 Å². The predicted molar refractivity (Wildman–Crippen MR) is 130 cm³/mol. The number of nitrogens with zero attached hydrogens (tertiary/aromatic N) is 6. The minimum Gasteiger partial charge on any atom is -0.355 e. The largest absolute Gasteiger partial charge is 0.435 e. The number of imidazole rings is 2. The number of halogens is 3. The Hall–Kier alpha value is -4.48. The van der Waals surface area contributed by atoms with E-state index in [2.05, 4.69) is 20.4 Å². The van der Waals surface area contributed by atoms with Crippen LogP contribution in [-0.2, 0) is 11.0 Å². The van der Waals surface area contributed by atoms with E-state index in [0.29, 0.717) is 24.6 Å². The number of rotatable bonds is 5. The Morgan fingerprint density at radius 1 is 1.14 bits per heavy atom. The van der Waals surface area contributed by atoms with Gasteiger partial charge < -0.3 is 5.32 Å². The fraction of sp³-hybridized carbons (Fsp3) is 0.240. The maximum Gasteiger partial charge on any atom is 0.435 e. The summed E-state index contributed by atoms with van der Waals surface area (Å²) < 4.78 is 43.3. The van der Waals surface area contributed by atoms with Gasteiger partial charge in [0.1, 0.15) is 5.82 Å². The number of amides is 2. The van der Waals surface area contributed by atoms with E-state index in [1.54, 1.807) is 27.8 Å². The number of carbonyl (C=O) groups is 2. The molecule has 3 aromatic heterocycles. The zero-order chi connectivity index (χ0) is 26.3. The number of carbonyl (C=O) groups excluding carboxylic acids is 2. The summed E-state index contributed by atoms with van der Waals surface area (Å²) in [6.45, 7) is 1.82. The van der Waals surface area contributed by atoms with E-state index in [1.807, 2.05) is 30.3 Å². The Kier molecular flexibility index (Phi) is 6.02. The first-order valence-corrected chi connectivity index (χ1v) is 11.5.